The van der Waals surface area contributed by atoms with Crippen LogP contribution in [0.25, 0.3) is 11.0 Å². The van der Waals surface area contributed by atoms with Gasteiger partial charge in [-0.25, -0.2) is 9.37 Å². The lowest BCUT2D eigenvalue weighted by Gasteiger charge is -2.20. The van der Waals surface area contributed by atoms with Crippen molar-refractivity contribution in [2.75, 3.05) is 18.5 Å². The molecule has 0 aliphatic rings. The number of aromatic nitrogens is 2. The van der Waals surface area contributed by atoms with Crippen LogP contribution in [-0.4, -0.2) is 45.2 Å². The van der Waals surface area contributed by atoms with Gasteiger partial charge in [0.05, 0.1) is 29.7 Å². The number of amides is 1. The zero-order valence-corrected chi connectivity index (χ0v) is 20.7. The van der Waals surface area contributed by atoms with E-state index in [9.17, 15) is 32.3 Å². The molecule has 0 aliphatic carbocycles. The van der Waals surface area contributed by atoms with Crippen LogP contribution < -0.4 is 5.32 Å². The molecule has 0 saturated carbocycles. The van der Waals surface area contributed by atoms with Gasteiger partial charge < -0.3 is 14.4 Å². The lowest BCUT2D eigenvalue weighted by molar-refractivity contribution is -0.137. The number of carbonyl (C=O) groups excluding carboxylic acids is 2. The summed E-state index contributed by atoms with van der Waals surface area (Å²) in [5.74, 6) is -1.14. The number of hydrogen-bond acceptors (Lipinski definition) is 5. The second-order valence-electron chi connectivity index (χ2n) is 8.94. The van der Waals surface area contributed by atoms with Crippen LogP contribution in [-0.2, 0) is 22.3 Å². The van der Waals surface area contributed by atoms with Crippen LogP contribution >= 0.6 is 0 Å². The van der Waals surface area contributed by atoms with E-state index < -0.39 is 42.6 Å². The highest BCUT2D eigenvalue weighted by Crippen LogP contribution is 2.31. The molecule has 2 aromatic carbocycles. The molecule has 200 valence electrons. The Morgan fingerprint density at radius 2 is 1.86 bits per heavy atom. The van der Waals surface area contributed by atoms with Crippen LogP contribution in [0.4, 0.5) is 23.5 Å². The molecule has 1 amide bonds. The number of Topliss-reactive ketones (excluding diaryl/α,β-unsaturated/α-hetero) is 1. The maximum atomic E-state index is 14.8. The maximum Gasteiger partial charge on any atom is 0.416 e. The monoisotopic (exact) mass is 523 g/mol. The molecule has 0 bridgehead atoms. The molecule has 3 rings (SSSR count). The molecule has 0 aliphatic heterocycles. The van der Waals surface area contributed by atoms with E-state index in [1.165, 1.54) is 17.6 Å². The fraction of sp³-hybridized carbons (Fsp3) is 0.423. The number of carbonyl (C=O) groups is 2. The number of nitrogens with zero attached hydrogens (tertiary/aromatic N) is 2. The summed E-state index contributed by atoms with van der Waals surface area (Å²) in [5, 5.41) is 11.9. The molecule has 2 N–H and O–H groups in total. The molecular formula is C26H29F4N3O4. The van der Waals surface area contributed by atoms with Crippen molar-refractivity contribution >= 4 is 28.7 Å². The summed E-state index contributed by atoms with van der Waals surface area (Å²) in [6.07, 6.45) is -4.52. The summed E-state index contributed by atoms with van der Waals surface area (Å²) in [5.41, 5.74) is -2.13. The number of aliphatic hydroxyl groups is 1. The Hall–Kier alpha value is -3.31. The molecule has 0 spiro atoms. The van der Waals surface area contributed by atoms with Gasteiger partial charge in [-0.15, -0.1) is 0 Å². The van der Waals surface area contributed by atoms with Gasteiger partial charge in [0.25, 0.3) is 5.91 Å². The third-order valence-corrected chi connectivity index (χ3v) is 5.70. The summed E-state index contributed by atoms with van der Waals surface area (Å²) in [6.45, 7) is 3.94. The molecule has 3 aromatic rings. The van der Waals surface area contributed by atoms with E-state index in [4.69, 9.17) is 4.74 Å². The van der Waals surface area contributed by atoms with E-state index in [2.05, 4.69) is 10.3 Å². The van der Waals surface area contributed by atoms with Gasteiger partial charge in [0, 0.05) is 18.6 Å². The number of rotatable bonds is 11. The Morgan fingerprint density at radius 1 is 1.14 bits per heavy atom. The molecule has 1 aromatic heterocycles. The van der Waals surface area contributed by atoms with Crippen LogP contribution in [0.15, 0.2) is 42.5 Å². The molecule has 37 heavy (non-hydrogen) atoms. The van der Waals surface area contributed by atoms with Crippen LogP contribution in [0.3, 0.4) is 0 Å². The minimum absolute atomic E-state index is 0.125. The molecule has 7 nitrogen and oxygen atoms in total. The summed E-state index contributed by atoms with van der Waals surface area (Å²) in [6, 6.07) is 8.70. The molecule has 0 fully saturated rings. The number of alkyl halides is 4. The number of fused-ring (bicyclic) bond motifs is 1. The van der Waals surface area contributed by atoms with Gasteiger partial charge >= 0.3 is 6.18 Å². The molecule has 2 unspecified atom stereocenters. The third-order valence-electron chi connectivity index (χ3n) is 5.70. The predicted octanol–water partition coefficient (Wildman–Crippen LogP) is 5.47. The SMILES string of the molecule is CCCOC(C(=O)CC)c1ccc2c(c1)nc(NC(=O)c1cccc(C(F)(F)F)c1)n2CC(C)(F)CO. The Bertz CT molecular complexity index is 1270. The van der Waals surface area contributed by atoms with Crippen molar-refractivity contribution in [3.8, 4) is 0 Å². The highest BCUT2D eigenvalue weighted by molar-refractivity contribution is 6.04. The Labute approximate surface area is 211 Å². The average molecular weight is 524 g/mol. The minimum Gasteiger partial charge on any atom is -0.393 e. The summed E-state index contributed by atoms with van der Waals surface area (Å²) in [4.78, 5) is 29.7. The first-order valence-electron chi connectivity index (χ1n) is 11.8. The smallest absolute Gasteiger partial charge is 0.393 e. The zero-order chi connectivity index (χ0) is 27.4. The summed E-state index contributed by atoms with van der Waals surface area (Å²) < 4.78 is 61.2. The number of anilines is 1. The molecule has 0 saturated heterocycles. The Morgan fingerprint density at radius 3 is 2.49 bits per heavy atom. The number of hydrogen-bond donors (Lipinski definition) is 2. The molecular weight excluding hydrogens is 494 g/mol. The number of aliphatic hydroxyl groups excluding tert-OH is 1. The lowest BCUT2D eigenvalue weighted by Crippen LogP contribution is -2.30. The van der Waals surface area contributed by atoms with Crippen LogP contribution in [0.1, 0.15) is 61.2 Å². The average Bonchev–Trinajstić information content (AvgIpc) is 3.18. The Balaban J connectivity index is 2.05. The lowest BCUT2D eigenvalue weighted by atomic mass is 10.0. The fourth-order valence-corrected chi connectivity index (χ4v) is 3.75. The van der Waals surface area contributed by atoms with E-state index in [1.54, 1.807) is 25.1 Å². The quantitative estimate of drug-likeness (QED) is 0.325. The van der Waals surface area contributed by atoms with Crippen molar-refractivity contribution in [2.45, 2.75) is 58.1 Å². The number of halogens is 4. The van der Waals surface area contributed by atoms with Gasteiger partial charge in [0.1, 0.15) is 11.8 Å². The summed E-state index contributed by atoms with van der Waals surface area (Å²) >= 11 is 0. The third kappa shape index (κ3) is 6.72. The minimum atomic E-state index is -4.64. The standard InChI is InChI=1S/C26H29F4N3O4/c1-4-11-37-22(21(35)5-2)16-9-10-20-19(13-16)31-24(33(20)14-25(3,27)15-34)32-23(36)17-7-6-8-18(12-17)26(28,29)30/h6-10,12-13,22,34H,4-5,11,14-15H2,1-3H3,(H,31,32,36). The van der Waals surface area contributed by atoms with Crippen molar-refractivity contribution in [1.82, 2.24) is 9.55 Å². The number of nitrogens with one attached hydrogen (secondary N) is 1. The van der Waals surface area contributed by atoms with Crippen LogP contribution in [0, 0.1) is 0 Å². The van der Waals surface area contributed by atoms with E-state index in [1.807, 2.05) is 6.92 Å². The van der Waals surface area contributed by atoms with Gasteiger partial charge in [-0.1, -0.05) is 26.0 Å². The highest BCUT2D eigenvalue weighted by atomic mass is 19.4. The van der Waals surface area contributed by atoms with E-state index >= 15 is 0 Å². The van der Waals surface area contributed by atoms with Crippen molar-refractivity contribution in [3.63, 3.8) is 0 Å². The molecule has 0 radical (unpaired) electrons. The van der Waals surface area contributed by atoms with Crippen molar-refractivity contribution in [3.05, 3.63) is 59.2 Å². The van der Waals surface area contributed by atoms with E-state index in [0.29, 0.717) is 35.7 Å². The van der Waals surface area contributed by atoms with E-state index in [-0.39, 0.29) is 23.7 Å². The second kappa shape index (κ2) is 11.4. The maximum absolute atomic E-state index is 14.8. The fourth-order valence-electron chi connectivity index (χ4n) is 3.75. The normalized spacial score (nSPS) is 14.4. The molecule has 11 heteroatoms. The number of ketones is 1. The number of benzene rings is 2. The topological polar surface area (TPSA) is 93.5 Å². The second-order valence-corrected chi connectivity index (χ2v) is 8.94. The van der Waals surface area contributed by atoms with Crippen LogP contribution in [0.2, 0.25) is 0 Å². The molecule has 2 atom stereocenters. The molecule has 1 heterocycles. The number of ether oxygens (including phenoxy) is 1. The predicted molar refractivity (Wildman–Crippen MR) is 130 cm³/mol. The first-order chi connectivity index (χ1) is 17.4. The van der Waals surface area contributed by atoms with Gasteiger partial charge in [0.2, 0.25) is 5.95 Å². The summed E-state index contributed by atoms with van der Waals surface area (Å²) in [7, 11) is 0. The van der Waals surface area contributed by atoms with Crippen LogP contribution in [0.5, 0.6) is 0 Å². The first-order valence-corrected chi connectivity index (χ1v) is 11.8. The van der Waals surface area contributed by atoms with E-state index in [0.717, 1.165) is 12.1 Å². The van der Waals surface area contributed by atoms with Crippen molar-refractivity contribution < 1.29 is 37.0 Å². The zero-order valence-electron chi connectivity index (χ0n) is 20.7. The van der Waals surface area contributed by atoms with Crippen molar-refractivity contribution in [2.24, 2.45) is 0 Å². The first kappa shape index (κ1) is 28.3. The van der Waals surface area contributed by atoms with Gasteiger partial charge in [-0.05, 0) is 49.2 Å². The van der Waals surface area contributed by atoms with Gasteiger partial charge in [0.15, 0.2) is 5.78 Å². The van der Waals surface area contributed by atoms with Gasteiger partial charge in [-0.2, -0.15) is 13.2 Å². The largest absolute Gasteiger partial charge is 0.416 e. The van der Waals surface area contributed by atoms with Crippen molar-refractivity contribution in [1.29, 1.82) is 0 Å². The highest BCUT2D eigenvalue weighted by Gasteiger charge is 2.31. The van der Waals surface area contributed by atoms with Gasteiger partial charge in [-0.3, -0.25) is 14.9 Å². The Kier molecular flexibility index (Phi) is 8.70. The number of imidazole rings is 1.